The van der Waals surface area contributed by atoms with E-state index in [1.54, 1.807) is 6.07 Å². The van der Waals surface area contributed by atoms with Crippen molar-refractivity contribution in [2.24, 2.45) is 5.92 Å². The Labute approximate surface area is 180 Å². The van der Waals surface area contributed by atoms with Crippen molar-refractivity contribution in [2.45, 2.75) is 44.9 Å². The van der Waals surface area contributed by atoms with Gasteiger partial charge in [-0.3, -0.25) is 4.79 Å². The maximum absolute atomic E-state index is 15.1. The van der Waals surface area contributed by atoms with Gasteiger partial charge in [0.1, 0.15) is 11.6 Å². The lowest BCUT2D eigenvalue weighted by Crippen LogP contribution is -2.32. The SMILES string of the molecule is CCC(c1cc(F)c2c(c1)C(=O)N(Cc1ncc(Cl)cn1)C2O)C1CCN(C)CC1. The Balaban J connectivity index is 1.61. The lowest BCUT2D eigenvalue weighted by molar-refractivity contribution is 0.0112. The van der Waals surface area contributed by atoms with E-state index in [1.165, 1.54) is 23.4 Å². The van der Waals surface area contributed by atoms with Crippen molar-refractivity contribution in [2.75, 3.05) is 20.1 Å². The molecule has 6 nitrogen and oxygen atoms in total. The Kier molecular flexibility index (Phi) is 6.04. The highest BCUT2D eigenvalue weighted by molar-refractivity contribution is 6.30. The third-order valence-corrected chi connectivity index (χ3v) is 6.58. The number of hydrogen-bond donors (Lipinski definition) is 1. The summed E-state index contributed by atoms with van der Waals surface area (Å²) < 4.78 is 15.1. The summed E-state index contributed by atoms with van der Waals surface area (Å²) in [5.41, 5.74) is 1.11. The van der Waals surface area contributed by atoms with Gasteiger partial charge in [-0.1, -0.05) is 18.5 Å². The number of carbonyl (C=O) groups is 1. The second-order valence-electron chi connectivity index (χ2n) is 8.24. The second-order valence-corrected chi connectivity index (χ2v) is 8.68. The van der Waals surface area contributed by atoms with Gasteiger partial charge < -0.3 is 14.9 Å². The van der Waals surface area contributed by atoms with Gasteiger partial charge in [0.2, 0.25) is 0 Å². The molecule has 0 radical (unpaired) electrons. The van der Waals surface area contributed by atoms with Crippen LogP contribution in [0.3, 0.4) is 0 Å². The second kappa shape index (κ2) is 8.57. The highest BCUT2D eigenvalue weighted by Crippen LogP contribution is 2.40. The fourth-order valence-corrected chi connectivity index (χ4v) is 4.81. The molecule has 0 saturated carbocycles. The van der Waals surface area contributed by atoms with Gasteiger partial charge in [-0.15, -0.1) is 0 Å². The predicted octanol–water partition coefficient (Wildman–Crippen LogP) is 3.75. The normalized spacial score (nSPS) is 21.2. The monoisotopic (exact) mass is 432 g/mol. The Morgan fingerprint density at radius 1 is 1.27 bits per heavy atom. The highest BCUT2D eigenvalue weighted by Gasteiger charge is 2.39. The number of benzene rings is 1. The number of piperidine rings is 1. The summed E-state index contributed by atoms with van der Waals surface area (Å²) in [6.07, 6.45) is 4.50. The predicted molar refractivity (Wildman–Crippen MR) is 112 cm³/mol. The molecule has 2 atom stereocenters. The zero-order valence-corrected chi connectivity index (χ0v) is 17.9. The average molecular weight is 433 g/mol. The number of carbonyl (C=O) groups excluding carboxylic acids is 1. The zero-order chi connectivity index (χ0) is 21.4. The molecule has 0 spiro atoms. The quantitative estimate of drug-likeness (QED) is 0.779. The summed E-state index contributed by atoms with van der Waals surface area (Å²) in [7, 11) is 2.12. The van der Waals surface area contributed by atoms with Crippen molar-refractivity contribution in [3.05, 3.63) is 57.9 Å². The minimum Gasteiger partial charge on any atom is -0.369 e. The average Bonchev–Trinajstić information content (AvgIpc) is 2.96. The number of hydrogen-bond acceptors (Lipinski definition) is 5. The van der Waals surface area contributed by atoms with Crippen LogP contribution in [0.15, 0.2) is 24.5 Å². The number of halogens is 2. The van der Waals surface area contributed by atoms with Crippen LogP contribution in [0.4, 0.5) is 4.39 Å². The molecule has 0 bridgehead atoms. The number of likely N-dealkylation sites (tertiary alicyclic amines) is 1. The van der Waals surface area contributed by atoms with E-state index >= 15 is 4.39 Å². The molecule has 1 aromatic heterocycles. The van der Waals surface area contributed by atoms with Crippen LogP contribution in [0.5, 0.6) is 0 Å². The largest absolute Gasteiger partial charge is 0.369 e. The number of aromatic nitrogens is 2. The molecule has 1 aromatic carbocycles. The van der Waals surface area contributed by atoms with Gasteiger partial charge in [0.15, 0.2) is 6.23 Å². The Bertz CT molecular complexity index is 931. The van der Waals surface area contributed by atoms with Crippen LogP contribution in [-0.4, -0.2) is 50.9 Å². The number of aliphatic hydroxyl groups excluding tert-OH is 1. The minimum absolute atomic E-state index is 0.0210. The van der Waals surface area contributed by atoms with Gasteiger partial charge in [0, 0.05) is 18.0 Å². The fourth-order valence-electron chi connectivity index (χ4n) is 4.72. The highest BCUT2D eigenvalue weighted by atomic mass is 35.5. The van der Waals surface area contributed by atoms with E-state index in [1.807, 2.05) is 0 Å². The molecule has 2 aliphatic rings. The standard InChI is InChI=1S/C22H26ClFN4O2/c1-3-16(13-4-6-27(2)7-5-13)14-8-17-20(18(24)9-14)22(30)28(21(17)29)12-19-25-10-15(23)11-26-19/h8-11,13,16,22,30H,3-7,12H2,1-2H3. The molecule has 8 heteroatoms. The van der Waals surface area contributed by atoms with Crippen molar-refractivity contribution >= 4 is 17.5 Å². The lowest BCUT2D eigenvalue weighted by Gasteiger charge is -2.34. The molecule has 2 aromatic rings. The molecule has 30 heavy (non-hydrogen) atoms. The molecule has 3 heterocycles. The summed E-state index contributed by atoms with van der Waals surface area (Å²) in [4.78, 5) is 24.7. The first-order valence-corrected chi connectivity index (χ1v) is 10.7. The molecule has 160 valence electrons. The molecule has 2 unspecified atom stereocenters. The van der Waals surface area contributed by atoms with Crippen LogP contribution >= 0.6 is 11.6 Å². The maximum atomic E-state index is 15.1. The Hall–Kier alpha value is -2.09. The Morgan fingerprint density at radius 2 is 1.93 bits per heavy atom. The summed E-state index contributed by atoms with van der Waals surface area (Å²) in [5.74, 6) is 0.0445. The molecule has 2 aliphatic heterocycles. The third kappa shape index (κ3) is 3.94. The zero-order valence-electron chi connectivity index (χ0n) is 17.2. The number of rotatable bonds is 5. The van der Waals surface area contributed by atoms with E-state index < -0.39 is 18.0 Å². The van der Waals surface area contributed by atoms with Crippen LogP contribution in [-0.2, 0) is 6.54 Å². The van der Waals surface area contributed by atoms with Crippen molar-refractivity contribution in [1.82, 2.24) is 19.8 Å². The molecule has 4 rings (SSSR count). The summed E-state index contributed by atoms with van der Waals surface area (Å²) >= 11 is 5.81. The topological polar surface area (TPSA) is 69.6 Å². The Morgan fingerprint density at radius 3 is 2.57 bits per heavy atom. The van der Waals surface area contributed by atoms with Crippen LogP contribution in [0, 0.1) is 11.7 Å². The third-order valence-electron chi connectivity index (χ3n) is 6.38. The van der Waals surface area contributed by atoms with Gasteiger partial charge in [0.25, 0.3) is 5.91 Å². The molecule has 1 amide bonds. The van der Waals surface area contributed by atoms with Crippen molar-refractivity contribution in [1.29, 1.82) is 0 Å². The van der Waals surface area contributed by atoms with E-state index in [2.05, 4.69) is 28.8 Å². The number of aliphatic hydroxyl groups is 1. The van der Waals surface area contributed by atoms with E-state index in [0.29, 0.717) is 16.8 Å². The minimum atomic E-state index is -1.36. The van der Waals surface area contributed by atoms with Gasteiger partial charge >= 0.3 is 0 Å². The van der Waals surface area contributed by atoms with Crippen molar-refractivity contribution in [3.63, 3.8) is 0 Å². The molecule has 1 fully saturated rings. The molecular formula is C22H26ClFN4O2. The summed E-state index contributed by atoms with van der Waals surface area (Å²) in [6.45, 7) is 4.14. The molecule has 0 aliphatic carbocycles. The van der Waals surface area contributed by atoms with E-state index in [0.717, 1.165) is 37.9 Å². The van der Waals surface area contributed by atoms with Crippen LogP contribution in [0.1, 0.15) is 65.6 Å². The van der Waals surface area contributed by atoms with Gasteiger partial charge in [-0.25, -0.2) is 14.4 Å². The van der Waals surface area contributed by atoms with Crippen molar-refractivity contribution < 1.29 is 14.3 Å². The van der Waals surface area contributed by atoms with Gasteiger partial charge in [0.05, 0.1) is 17.1 Å². The number of fused-ring (bicyclic) bond motifs is 1. The van der Waals surface area contributed by atoms with E-state index in [-0.39, 0.29) is 23.6 Å². The molecular weight excluding hydrogens is 407 g/mol. The van der Waals surface area contributed by atoms with E-state index in [9.17, 15) is 9.90 Å². The van der Waals surface area contributed by atoms with E-state index in [4.69, 9.17) is 11.6 Å². The summed E-state index contributed by atoms with van der Waals surface area (Å²) in [6, 6.07) is 3.28. The van der Waals surface area contributed by atoms with Crippen LogP contribution in [0.2, 0.25) is 5.02 Å². The van der Waals surface area contributed by atoms with Gasteiger partial charge in [-0.05, 0) is 68.9 Å². The first-order chi connectivity index (χ1) is 14.4. The number of amides is 1. The van der Waals surface area contributed by atoms with Crippen molar-refractivity contribution in [3.8, 4) is 0 Å². The smallest absolute Gasteiger partial charge is 0.257 e. The molecule has 1 N–H and O–H groups in total. The molecule has 1 saturated heterocycles. The maximum Gasteiger partial charge on any atom is 0.257 e. The van der Waals surface area contributed by atoms with Crippen LogP contribution in [0.25, 0.3) is 0 Å². The first kappa shape index (κ1) is 21.2. The van der Waals surface area contributed by atoms with Gasteiger partial charge in [-0.2, -0.15) is 0 Å². The fraction of sp³-hybridized carbons (Fsp3) is 0.500. The summed E-state index contributed by atoms with van der Waals surface area (Å²) in [5, 5.41) is 11.0. The first-order valence-electron chi connectivity index (χ1n) is 10.4. The van der Waals surface area contributed by atoms with Crippen LogP contribution < -0.4 is 0 Å². The lowest BCUT2D eigenvalue weighted by atomic mass is 9.78. The number of nitrogens with zero attached hydrogens (tertiary/aromatic N) is 4.